The van der Waals surface area contributed by atoms with Crippen LogP contribution in [0.25, 0.3) is 0 Å². The zero-order valence-electron chi connectivity index (χ0n) is 10.2. The van der Waals surface area contributed by atoms with E-state index in [4.69, 9.17) is 4.74 Å². The lowest BCUT2D eigenvalue weighted by Crippen LogP contribution is -2.44. The smallest absolute Gasteiger partial charge is 0.126 e. The van der Waals surface area contributed by atoms with Gasteiger partial charge in [0.25, 0.3) is 0 Å². The second-order valence-electron chi connectivity index (χ2n) is 4.39. The number of nitrogens with one attached hydrogen (secondary N) is 2. The van der Waals surface area contributed by atoms with E-state index in [0.717, 1.165) is 42.8 Å². The lowest BCUT2D eigenvalue weighted by atomic mass is 10.1. The molecule has 1 unspecified atom stereocenters. The Hall–Kier alpha value is -0.490. The average Bonchev–Trinajstić information content (AvgIpc) is 2.40. The number of hydrogen-bond acceptors (Lipinski definition) is 3. The van der Waals surface area contributed by atoms with Gasteiger partial charge in [-0.15, -0.1) is 0 Å². The predicted octanol–water partition coefficient (Wildman–Crippen LogP) is 1.71. The van der Waals surface area contributed by atoms with Crippen molar-refractivity contribution in [3.63, 3.8) is 0 Å². The topological polar surface area (TPSA) is 33.3 Å². The molecule has 100 valence electrons. The molecule has 0 spiro atoms. The second kappa shape index (κ2) is 7.19. The van der Waals surface area contributed by atoms with Gasteiger partial charge in [-0.25, -0.2) is 4.39 Å². The Labute approximate surface area is 115 Å². The lowest BCUT2D eigenvalue weighted by Gasteiger charge is -2.23. The minimum atomic E-state index is -0.143. The van der Waals surface area contributed by atoms with Crippen LogP contribution in [-0.4, -0.2) is 38.9 Å². The molecule has 1 atom stereocenters. The third-order valence-corrected chi connectivity index (χ3v) is 3.45. The van der Waals surface area contributed by atoms with E-state index in [1.807, 2.05) is 6.07 Å². The first kappa shape index (κ1) is 13.9. The second-order valence-corrected chi connectivity index (χ2v) is 5.30. The first-order valence-electron chi connectivity index (χ1n) is 6.22. The van der Waals surface area contributed by atoms with Crippen LogP contribution in [0, 0.1) is 5.82 Å². The minimum absolute atomic E-state index is 0.143. The average molecular weight is 317 g/mol. The molecule has 1 aliphatic rings. The normalized spacial score (nSPS) is 20.0. The summed E-state index contributed by atoms with van der Waals surface area (Å²) < 4.78 is 20.0. The SMILES string of the molecule is Fc1ccc(Br)cc1CCNCC1CNCCO1. The van der Waals surface area contributed by atoms with E-state index in [2.05, 4.69) is 26.6 Å². The molecule has 1 fully saturated rings. The van der Waals surface area contributed by atoms with E-state index in [1.165, 1.54) is 6.07 Å². The summed E-state index contributed by atoms with van der Waals surface area (Å²) in [5.41, 5.74) is 0.736. The van der Waals surface area contributed by atoms with Crippen LogP contribution in [0.1, 0.15) is 5.56 Å². The van der Waals surface area contributed by atoms with Crippen molar-refractivity contribution < 1.29 is 9.13 Å². The summed E-state index contributed by atoms with van der Waals surface area (Å²) >= 11 is 3.35. The Kier molecular flexibility index (Phi) is 5.56. The summed E-state index contributed by atoms with van der Waals surface area (Å²) in [5.74, 6) is -0.143. The van der Waals surface area contributed by atoms with Crippen LogP contribution in [0.5, 0.6) is 0 Å². The van der Waals surface area contributed by atoms with Gasteiger partial charge >= 0.3 is 0 Å². The van der Waals surface area contributed by atoms with E-state index in [-0.39, 0.29) is 11.9 Å². The van der Waals surface area contributed by atoms with Crippen molar-refractivity contribution in [2.45, 2.75) is 12.5 Å². The van der Waals surface area contributed by atoms with Crippen LogP contribution < -0.4 is 10.6 Å². The maximum Gasteiger partial charge on any atom is 0.126 e. The van der Waals surface area contributed by atoms with Crippen molar-refractivity contribution in [2.75, 3.05) is 32.8 Å². The molecule has 0 amide bonds. The van der Waals surface area contributed by atoms with Crippen LogP contribution in [0.2, 0.25) is 0 Å². The molecule has 1 heterocycles. The van der Waals surface area contributed by atoms with Crippen LogP contribution in [0.15, 0.2) is 22.7 Å². The minimum Gasteiger partial charge on any atom is -0.374 e. The zero-order chi connectivity index (χ0) is 12.8. The van der Waals surface area contributed by atoms with Crippen molar-refractivity contribution >= 4 is 15.9 Å². The Bertz CT molecular complexity index is 383. The van der Waals surface area contributed by atoms with Gasteiger partial charge in [-0.1, -0.05) is 15.9 Å². The molecule has 2 rings (SSSR count). The maximum atomic E-state index is 13.5. The van der Waals surface area contributed by atoms with Gasteiger partial charge in [0, 0.05) is 24.1 Å². The van der Waals surface area contributed by atoms with E-state index in [0.29, 0.717) is 6.42 Å². The third kappa shape index (κ3) is 4.31. The molecule has 0 saturated carbocycles. The molecule has 3 nitrogen and oxygen atoms in total. The highest BCUT2D eigenvalue weighted by molar-refractivity contribution is 9.10. The summed E-state index contributed by atoms with van der Waals surface area (Å²) in [6, 6.07) is 5.04. The summed E-state index contributed by atoms with van der Waals surface area (Å²) in [7, 11) is 0. The molecule has 18 heavy (non-hydrogen) atoms. The number of morpholine rings is 1. The number of rotatable bonds is 5. The van der Waals surface area contributed by atoms with E-state index in [1.54, 1.807) is 6.07 Å². The molecule has 1 aromatic rings. The molecule has 1 aromatic carbocycles. The van der Waals surface area contributed by atoms with Crippen LogP contribution in [0.4, 0.5) is 4.39 Å². The van der Waals surface area contributed by atoms with Crippen molar-refractivity contribution in [3.8, 4) is 0 Å². The van der Waals surface area contributed by atoms with Crippen molar-refractivity contribution in [2.24, 2.45) is 0 Å². The maximum absolute atomic E-state index is 13.5. The largest absolute Gasteiger partial charge is 0.374 e. The highest BCUT2D eigenvalue weighted by atomic mass is 79.9. The highest BCUT2D eigenvalue weighted by Gasteiger charge is 2.12. The van der Waals surface area contributed by atoms with E-state index >= 15 is 0 Å². The van der Waals surface area contributed by atoms with Crippen LogP contribution in [-0.2, 0) is 11.2 Å². The highest BCUT2D eigenvalue weighted by Crippen LogP contribution is 2.15. The Morgan fingerprint density at radius 2 is 2.39 bits per heavy atom. The van der Waals surface area contributed by atoms with Gasteiger partial charge in [-0.05, 0) is 36.7 Å². The van der Waals surface area contributed by atoms with E-state index < -0.39 is 0 Å². The molecular weight excluding hydrogens is 299 g/mol. The van der Waals surface area contributed by atoms with Gasteiger partial charge in [0.2, 0.25) is 0 Å². The van der Waals surface area contributed by atoms with Gasteiger partial charge in [-0.3, -0.25) is 0 Å². The first-order valence-corrected chi connectivity index (χ1v) is 7.02. The fraction of sp³-hybridized carbons (Fsp3) is 0.538. The molecular formula is C13H18BrFN2O. The first-order chi connectivity index (χ1) is 8.75. The monoisotopic (exact) mass is 316 g/mol. The zero-order valence-corrected chi connectivity index (χ0v) is 11.8. The van der Waals surface area contributed by atoms with Crippen LogP contribution in [0.3, 0.4) is 0 Å². The van der Waals surface area contributed by atoms with Crippen molar-refractivity contribution in [3.05, 3.63) is 34.1 Å². The summed E-state index contributed by atoms with van der Waals surface area (Å²) in [5, 5.41) is 6.58. The van der Waals surface area contributed by atoms with Gasteiger partial charge < -0.3 is 15.4 Å². The van der Waals surface area contributed by atoms with Gasteiger partial charge in [0.15, 0.2) is 0 Å². The van der Waals surface area contributed by atoms with Crippen molar-refractivity contribution in [1.29, 1.82) is 0 Å². The van der Waals surface area contributed by atoms with Gasteiger partial charge in [0.1, 0.15) is 5.82 Å². The summed E-state index contributed by atoms with van der Waals surface area (Å²) in [6.07, 6.45) is 0.914. The number of hydrogen-bond donors (Lipinski definition) is 2. The van der Waals surface area contributed by atoms with Crippen LogP contribution >= 0.6 is 15.9 Å². The molecule has 0 aliphatic carbocycles. The number of benzene rings is 1. The Morgan fingerprint density at radius 1 is 1.50 bits per heavy atom. The summed E-state index contributed by atoms with van der Waals surface area (Å²) in [6.45, 7) is 4.15. The molecule has 1 saturated heterocycles. The lowest BCUT2D eigenvalue weighted by molar-refractivity contribution is 0.0294. The molecule has 0 aromatic heterocycles. The fourth-order valence-corrected chi connectivity index (χ4v) is 2.38. The Morgan fingerprint density at radius 3 is 3.17 bits per heavy atom. The van der Waals surface area contributed by atoms with Gasteiger partial charge in [0.05, 0.1) is 12.7 Å². The van der Waals surface area contributed by atoms with Crippen molar-refractivity contribution in [1.82, 2.24) is 10.6 Å². The molecule has 0 radical (unpaired) electrons. The molecule has 2 N–H and O–H groups in total. The Balaban J connectivity index is 1.69. The number of halogens is 2. The number of ether oxygens (including phenoxy) is 1. The van der Waals surface area contributed by atoms with E-state index in [9.17, 15) is 4.39 Å². The third-order valence-electron chi connectivity index (χ3n) is 2.96. The van der Waals surface area contributed by atoms with Gasteiger partial charge in [-0.2, -0.15) is 0 Å². The standard InChI is InChI=1S/C13H18BrFN2O/c14-11-1-2-13(15)10(7-11)3-4-16-8-12-9-17-5-6-18-12/h1-2,7,12,16-17H,3-6,8-9H2. The predicted molar refractivity (Wildman–Crippen MR) is 73.3 cm³/mol. The fourth-order valence-electron chi connectivity index (χ4n) is 1.97. The summed E-state index contributed by atoms with van der Waals surface area (Å²) in [4.78, 5) is 0. The molecule has 0 bridgehead atoms. The quantitative estimate of drug-likeness (QED) is 0.811. The molecule has 1 aliphatic heterocycles. The molecule has 5 heteroatoms.